The maximum Gasteiger partial charge on any atom is 0.0242 e. The first-order valence-corrected chi connectivity index (χ1v) is 7.08. The van der Waals surface area contributed by atoms with E-state index in [1.54, 1.807) is 0 Å². The van der Waals surface area contributed by atoms with Crippen LogP contribution >= 0.6 is 0 Å². The average molecular weight is 226 g/mol. The molecule has 0 saturated heterocycles. The summed E-state index contributed by atoms with van der Waals surface area (Å²) in [7, 11) is 4.44. The summed E-state index contributed by atoms with van der Waals surface area (Å²) in [6.07, 6.45) is 8.18. The van der Waals surface area contributed by atoms with Gasteiger partial charge in [-0.15, -0.1) is 0 Å². The van der Waals surface area contributed by atoms with Gasteiger partial charge in [-0.05, 0) is 45.7 Å². The molecule has 0 amide bonds. The highest BCUT2D eigenvalue weighted by Gasteiger charge is 2.32. The third-order valence-electron chi connectivity index (χ3n) is 3.84. The highest BCUT2D eigenvalue weighted by molar-refractivity contribution is 4.88. The van der Waals surface area contributed by atoms with Crippen molar-refractivity contribution in [1.29, 1.82) is 0 Å². The molecular formula is C14H30N2. The van der Waals surface area contributed by atoms with Gasteiger partial charge in [-0.25, -0.2) is 0 Å². The highest BCUT2D eigenvalue weighted by atomic mass is 15.1. The van der Waals surface area contributed by atoms with E-state index in [0.29, 0.717) is 0 Å². The SMILES string of the molecule is CCCCC(CC)NCC(C1CC1)N(C)C. The van der Waals surface area contributed by atoms with Crippen molar-refractivity contribution in [2.75, 3.05) is 20.6 Å². The van der Waals surface area contributed by atoms with Crippen LogP contribution in [0, 0.1) is 5.92 Å². The second kappa shape index (κ2) is 7.29. The molecule has 1 N–H and O–H groups in total. The maximum atomic E-state index is 3.77. The zero-order valence-electron chi connectivity index (χ0n) is 11.6. The Morgan fingerprint density at radius 2 is 1.94 bits per heavy atom. The molecule has 1 rings (SSSR count). The number of nitrogens with zero attached hydrogens (tertiary/aromatic N) is 1. The number of rotatable bonds is 9. The Morgan fingerprint density at radius 3 is 2.38 bits per heavy atom. The van der Waals surface area contributed by atoms with Crippen molar-refractivity contribution in [1.82, 2.24) is 10.2 Å². The first-order valence-electron chi connectivity index (χ1n) is 7.08. The quantitative estimate of drug-likeness (QED) is 0.650. The Bertz CT molecular complexity index is 174. The van der Waals surface area contributed by atoms with E-state index in [0.717, 1.165) is 18.0 Å². The molecule has 2 atom stereocenters. The van der Waals surface area contributed by atoms with E-state index in [-0.39, 0.29) is 0 Å². The Morgan fingerprint density at radius 1 is 1.25 bits per heavy atom. The van der Waals surface area contributed by atoms with E-state index < -0.39 is 0 Å². The minimum absolute atomic E-state index is 0.737. The van der Waals surface area contributed by atoms with Gasteiger partial charge in [-0.3, -0.25) is 0 Å². The monoisotopic (exact) mass is 226 g/mol. The van der Waals surface area contributed by atoms with Crippen LogP contribution in [0.25, 0.3) is 0 Å². The van der Waals surface area contributed by atoms with E-state index in [1.807, 2.05) is 0 Å². The zero-order chi connectivity index (χ0) is 12.0. The summed E-state index contributed by atoms with van der Waals surface area (Å²) in [5.41, 5.74) is 0. The van der Waals surface area contributed by atoms with Gasteiger partial charge in [0.15, 0.2) is 0 Å². The van der Waals surface area contributed by atoms with Gasteiger partial charge in [0.2, 0.25) is 0 Å². The first kappa shape index (κ1) is 14.0. The lowest BCUT2D eigenvalue weighted by atomic mass is 10.1. The molecule has 2 heteroatoms. The Labute approximate surface area is 102 Å². The Balaban J connectivity index is 2.23. The Hall–Kier alpha value is -0.0800. The normalized spacial score (nSPS) is 20.1. The van der Waals surface area contributed by atoms with Crippen molar-refractivity contribution in [3.05, 3.63) is 0 Å². The van der Waals surface area contributed by atoms with Gasteiger partial charge in [0.05, 0.1) is 0 Å². The lowest BCUT2D eigenvalue weighted by Crippen LogP contribution is -2.43. The van der Waals surface area contributed by atoms with Crippen molar-refractivity contribution >= 4 is 0 Å². The molecular weight excluding hydrogens is 196 g/mol. The maximum absolute atomic E-state index is 3.77. The molecule has 1 saturated carbocycles. The van der Waals surface area contributed by atoms with Gasteiger partial charge in [0.1, 0.15) is 0 Å². The third-order valence-corrected chi connectivity index (χ3v) is 3.84. The summed E-state index contributed by atoms with van der Waals surface area (Å²) in [5, 5.41) is 3.77. The summed E-state index contributed by atoms with van der Waals surface area (Å²) < 4.78 is 0. The van der Waals surface area contributed by atoms with Gasteiger partial charge >= 0.3 is 0 Å². The molecule has 0 bridgehead atoms. The van der Waals surface area contributed by atoms with E-state index in [2.05, 4.69) is 38.2 Å². The third kappa shape index (κ3) is 4.84. The minimum Gasteiger partial charge on any atom is -0.312 e. The van der Waals surface area contributed by atoms with Crippen molar-refractivity contribution in [3.8, 4) is 0 Å². The zero-order valence-corrected chi connectivity index (χ0v) is 11.6. The first-order chi connectivity index (χ1) is 7.69. The number of hydrogen-bond acceptors (Lipinski definition) is 2. The predicted octanol–water partition coefficient (Wildman–Crippen LogP) is 2.89. The molecule has 1 aliphatic rings. The number of unbranched alkanes of at least 4 members (excludes halogenated alkanes) is 1. The molecule has 0 heterocycles. The fourth-order valence-corrected chi connectivity index (χ4v) is 2.44. The molecule has 0 radical (unpaired) electrons. The fraction of sp³-hybridized carbons (Fsp3) is 1.00. The van der Waals surface area contributed by atoms with Crippen LogP contribution in [0.15, 0.2) is 0 Å². The van der Waals surface area contributed by atoms with Gasteiger partial charge in [-0.2, -0.15) is 0 Å². The molecule has 16 heavy (non-hydrogen) atoms. The van der Waals surface area contributed by atoms with Crippen LogP contribution in [0.1, 0.15) is 52.4 Å². The van der Waals surface area contributed by atoms with Gasteiger partial charge in [0.25, 0.3) is 0 Å². The summed E-state index contributed by atoms with van der Waals surface area (Å²) >= 11 is 0. The lowest BCUT2D eigenvalue weighted by molar-refractivity contribution is 0.245. The van der Waals surface area contributed by atoms with Crippen molar-refractivity contribution in [2.24, 2.45) is 5.92 Å². The van der Waals surface area contributed by atoms with Crippen LogP contribution in [0.2, 0.25) is 0 Å². The van der Waals surface area contributed by atoms with Crippen LogP contribution in [-0.2, 0) is 0 Å². The smallest absolute Gasteiger partial charge is 0.0242 e. The predicted molar refractivity (Wildman–Crippen MR) is 71.8 cm³/mol. The second-order valence-corrected chi connectivity index (χ2v) is 5.52. The topological polar surface area (TPSA) is 15.3 Å². The molecule has 0 spiro atoms. The second-order valence-electron chi connectivity index (χ2n) is 5.52. The van der Waals surface area contributed by atoms with Crippen LogP contribution in [0.4, 0.5) is 0 Å². The van der Waals surface area contributed by atoms with Gasteiger partial charge in [0, 0.05) is 18.6 Å². The van der Waals surface area contributed by atoms with Crippen molar-refractivity contribution in [2.45, 2.75) is 64.5 Å². The molecule has 0 aromatic carbocycles. The fourth-order valence-electron chi connectivity index (χ4n) is 2.44. The molecule has 96 valence electrons. The van der Waals surface area contributed by atoms with Gasteiger partial charge < -0.3 is 10.2 Å². The van der Waals surface area contributed by atoms with Crippen LogP contribution < -0.4 is 5.32 Å². The summed E-state index contributed by atoms with van der Waals surface area (Å²) in [4.78, 5) is 2.40. The molecule has 0 aromatic heterocycles. The number of hydrogen-bond donors (Lipinski definition) is 1. The number of likely N-dealkylation sites (N-methyl/N-ethyl adjacent to an activating group) is 1. The van der Waals surface area contributed by atoms with E-state index in [4.69, 9.17) is 0 Å². The van der Waals surface area contributed by atoms with E-state index in [1.165, 1.54) is 45.1 Å². The van der Waals surface area contributed by atoms with E-state index >= 15 is 0 Å². The molecule has 2 nitrogen and oxygen atoms in total. The van der Waals surface area contributed by atoms with Crippen molar-refractivity contribution < 1.29 is 0 Å². The lowest BCUT2D eigenvalue weighted by Gasteiger charge is -2.27. The minimum atomic E-state index is 0.737. The van der Waals surface area contributed by atoms with Crippen LogP contribution in [0.3, 0.4) is 0 Å². The molecule has 1 aliphatic carbocycles. The average Bonchev–Trinajstić information content (AvgIpc) is 3.06. The standard InChI is InChI=1S/C14H30N2/c1-5-7-8-13(6-2)15-11-14(16(3)4)12-9-10-12/h12-15H,5-11H2,1-4H3. The van der Waals surface area contributed by atoms with Crippen LogP contribution in [0.5, 0.6) is 0 Å². The Kier molecular flexibility index (Phi) is 6.37. The van der Waals surface area contributed by atoms with Gasteiger partial charge in [-0.1, -0.05) is 26.7 Å². The van der Waals surface area contributed by atoms with Crippen LogP contribution in [-0.4, -0.2) is 37.6 Å². The van der Waals surface area contributed by atoms with Crippen molar-refractivity contribution in [3.63, 3.8) is 0 Å². The largest absolute Gasteiger partial charge is 0.312 e. The summed E-state index contributed by atoms with van der Waals surface area (Å²) in [6, 6.07) is 1.50. The molecule has 0 aromatic rings. The summed E-state index contributed by atoms with van der Waals surface area (Å²) in [6.45, 7) is 5.76. The highest BCUT2D eigenvalue weighted by Crippen LogP contribution is 2.34. The number of nitrogens with one attached hydrogen (secondary N) is 1. The molecule has 0 aliphatic heterocycles. The summed E-state index contributed by atoms with van der Waals surface area (Å²) in [5.74, 6) is 0.964. The van der Waals surface area contributed by atoms with E-state index in [9.17, 15) is 0 Å². The molecule has 2 unspecified atom stereocenters. The molecule has 1 fully saturated rings.